The van der Waals surface area contributed by atoms with E-state index in [-0.39, 0.29) is 5.91 Å². The van der Waals surface area contributed by atoms with E-state index in [4.69, 9.17) is 0 Å². The number of piperazine rings is 1. The van der Waals surface area contributed by atoms with Gasteiger partial charge in [0.1, 0.15) is 0 Å². The molecule has 26 heavy (non-hydrogen) atoms. The van der Waals surface area contributed by atoms with Crippen LogP contribution in [-0.2, 0) is 6.54 Å². The van der Waals surface area contributed by atoms with Gasteiger partial charge in [0, 0.05) is 61.1 Å². The fourth-order valence-corrected chi connectivity index (χ4v) is 3.68. The Kier molecular flexibility index (Phi) is 4.51. The molecule has 136 valence electrons. The van der Waals surface area contributed by atoms with Gasteiger partial charge < -0.3 is 9.88 Å². The van der Waals surface area contributed by atoms with Gasteiger partial charge in [0.25, 0.3) is 5.91 Å². The number of aromatic amines is 1. The van der Waals surface area contributed by atoms with Crippen LogP contribution < -0.4 is 0 Å². The van der Waals surface area contributed by atoms with E-state index in [1.807, 2.05) is 42.3 Å². The molecule has 1 aliphatic heterocycles. The van der Waals surface area contributed by atoms with Crippen molar-refractivity contribution in [2.45, 2.75) is 20.4 Å². The highest BCUT2D eigenvalue weighted by Gasteiger charge is 2.22. The standard InChI is InChI=1S/C20H25N5O/c1-15-13-16(2)25(22-15)12-9-23-7-10-24(11-8-23)20(26)18-3-4-19-17(14-18)5-6-21-19/h3-6,13-14,21H,7-12H2,1-2H3. The third kappa shape index (κ3) is 3.37. The number of carbonyl (C=O) groups excluding carboxylic acids is 1. The maximum Gasteiger partial charge on any atom is 0.253 e. The fourth-order valence-electron chi connectivity index (χ4n) is 3.68. The minimum atomic E-state index is 0.131. The van der Waals surface area contributed by atoms with Gasteiger partial charge in [0.15, 0.2) is 0 Å². The normalized spacial score (nSPS) is 15.7. The first-order valence-electron chi connectivity index (χ1n) is 9.20. The summed E-state index contributed by atoms with van der Waals surface area (Å²) >= 11 is 0. The van der Waals surface area contributed by atoms with Crippen LogP contribution in [0.15, 0.2) is 36.5 Å². The Morgan fingerprint density at radius 2 is 1.88 bits per heavy atom. The number of hydrogen-bond donors (Lipinski definition) is 1. The van der Waals surface area contributed by atoms with Crippen LogP contribution in [0.2, 0.25) is 0 Å². The lowest BCUT2D eigenvalue weighted by Crippen LogP contribution is -2.49. The Labute approximate surface area is 153 Å². The summed E-state index contributed by atoms with van der Waals surface area (Å²) in [4.78, 5) is 20.3. The van der Waals surface area contributed by atoms with Gasteiger partial charge in [-0.2, -0.15) is 5.10 Å². The number of aryl methyl sites for hydroxylation is 2. The molecule has 6 nitrogen and oxygen atoms in total. The number of aromatic nitrogens is 3. The van der Waals surface area contributed by atoms with Crippen LogP contribution in [0.5, 0.6) is 0 Å². The molecular formula is C20H25N5O. The molecule has 0 atom stereocenters. The molecule has 1 fully saturated rings. The summed E-state index contributed by atoms with van der Waals surface area (Å²) in [6.07, 6.45) is 1.90. The predicted octanol–water partition coefficient (Wildman–Crippen LogP) is 2.44. The Hall–Kier alpha value is -2.60. The lowest BCUT2D eigenvalue weighted by atomic mass is 10.1. The van der Waals surface area contributed by atoms with Gasteiger partial charge in [-0.15, -0.1) is 0 Å². The first-order chi connectivity index (χ1) is 12.6. The van der Waals surface area contributed by atoms with Crippen LogP contribution in [0.4, 0.5) is 0 Å². The molecule has 0 bridgehead atoms. The molecule has 1 aliphatic rings. The molecule has 1 saturated heterocycles. The first kappa shape index (κ1) is 16.8. The molecule has 3 aromatic rings. The molecule has 0 aliphatic carbocycles. The van der Waals surface area contributed by atoms with Gasteiger partial charge in [0.2, 0.25) is 0 Å². The molecule has 0 unspecified atom stereocenters. The number of fused-ring (bicyclic) bond motifs is 1. The van der Waals surface area contributed by atoms with Crippen molar-refractivity contribution in [2.24, 2.45) is 0 Å². The van der Waals surface area contributed by atoms with Gasteiger partial charge in [0.05, 0.1) is 12.2 Å². The molecule has 3 heterocycles. The average Bonchev–Trinajstić information content (AvgIpc) is 3.24. The predicted molar refractivity (Wildman–Crippen MR) is 102 cm³/mol. The zero-order valence-corrected chi connectivity index (χ0v) is 15.4. The van der Waals surface area contributed by atoms with Crippen LogP contribution in [0.25, 0.3) is 10.9 Å². The van der Waals surface area contributed by atoms with E-state index in [2.05, 4.69) is 32.7 Å². The maximum atomic E-state index is 12.8. The summed E-state index contributed by atoms with van der Waals surface area (Å²) in [7, 11) is 0. The summed E-state index contributed by atoms with van der Waals surface area (Å²) in [5.41, 5.74) is 4.11. The van der Waals surface area contributed by atoms with Crippen molar-refractivity contribution in [3.63, 3.8) is 0 Å². The maximum absolute atomic E-state index is 12.8. The van der Waals surface area contributed by atoms with Crippen molar-refractivity contribution in [3.05, 3.63) is 53.5 Å². The molecule has 0 saturated carbocycles. The molecule has 6 heteroatoms. The van der Waals surface area contributed by atoms with Gasteiger partial charge in [-0.25, -0.2) is 0 Å². The number of hydrogen-bond acceptors (Lipinski definition) is 3. The summed E-state index contributed by atoms with van der Waals surface area (Å²) in [6.45, 7) is 9.38. The van der Waals surface area contributed by atoms with E-state index < -0.39 is 0 Å². The zero-order valence-electron chi connectivity index (χ0n) is 15.4. The molecule has 1 amide bonds. The van der Waals surface area contributed by atoms with E-state index >= 15 is 0 Å². The van der Waals surface area contributed by atoms with Crippen molar-refractivity contribution in [3.8, 4) is 0 Å². The van der Waals surface area contributed by atoms with E-state index in [0.29, 0.717) is 0 Å². The second kappa shape index (κ2) is 6.96. The Morgan fingerprint density at radius 3 is 2.62 bits per heavy atom. The van der Waals surface area contributed by atoms with Crippen molar-refractivity contribution in [1.82, 2.24) is 24.6 Å². The average molecular weight is 351 g/mol. The highest BCUT2D eigenvalue weighted by Crippen LogP contribution is 2.16. The molecule has 0 radical (unpaired) electrons. The highest BCUT2D eigenvalue weighted by molar-refractivity contribution is 5.98. The molecular weight excluding hydrogens is 326 g/mol. The minimum Gasteiger partial charge on any atom is -0.361 e. The minimum absolute atomic E-state index is 0.131. The SMILES string of the molecule is Cc1cc(C)n(CCN2CCN(C(=O)c3ccc4[nH]ccc4c3)CC2)n1. The number of nitrogens with one attached hydrogen (secondary N) is 1. The highest BCUT2D eigenvalue weighted by atomic mass is 16.2. The summed E-state index contributed by atoms with van der Waals surface area (Å²) in [5.74, 6) is 0.131. The topological polar surface area (TPSA) is 57.2 Å². The Bertz CT molecular complexity index is 917. The van der Waals surface area contributed by atoms with Crippen molar-refractivity contribution in [1.29, 1.82) is 0 Å². The lowest BCUT2D eigenvalue weighted by molar-refractivity contribution is 0.0632. The van der Waals surface area contributed by atoms with Crippen molar-refractivity contribution < 1.29 is 4.79 Å². The zero-order chi connectivity index (χ0) is 18.1. The van der Waals surface area contributed by atoms with Crippen LogP contribution >= 0.6 is 0 Å². The molecule has 4 rings (SSSR count). The summed E-state index contributed by atoms with van der Waals surface area (Å²) in [5, 5.41) is 5.60. The van der Waals surface area contributed by atoms with Gasteiger partial charge in [-0.1, -0.05) is 0 Å². The van der Waals surface area contributed by atoms with Crippen molar-refractivity contribution >= 4 is 16.8 Å². The number of carbonyl (C=O) groups is 1. The number of benzene rings is 1. The van der Waals surface area contributed by atoms with Crippen LogP contribution in [0.3, 0.4) is 0 Å². The van der Waals surface area contributed by atoms with Crippen LogP contribution in [0, 0.1) is 13.8 Å². The molecule has 1 aromatic carbocycles. The number of amides is 1. The Balaban J connectivity index is 1.32. The largest absolute Gasteiger partial charge is 0.361 e. The molecule has 0 spiro atoms. The van der Waals surface area contributed by atoms with Gasteiger partial charge in [-0.05, 0) is 44.2 Å². The van der Waals surface area contributed by atoms with E-state index in [0.717, 1.165) is 61.4 Å². The van der Waals surface area contributed by atoms with E-state index in [9.17, 15) is 4.79 Å². The van der Waals surface area contributed by atoms with Crippen LogP contribution in [-0.4, -0.2) is 63.2 Å². The van der Waals surface area contributed by atoms with Crippen molar-refractivity contribution in [2.75, 3.05) is 32.7 Å². The smallest absolute Gasteiger partial charge is 0.253 e. The lowest BCUT2D eigenvalue weighted by Gasteiger charge is -2.34. The molecule has 2 aromatic heterocycles. The third-order valence-corrected chi connectivity index (χ3v) is 5.19. The van der Waals surface area contributed by atoms with Gasteiger partial charge in [-0.3, -0.25) is 14.4 Å². The second-order valence-corrected chi connectivity index (χ2v) is 7.06. The third-order valence-electron chi connectivity index (χ3n) is 5.19. The second-order valence-electron chi connectivity index (χ2n) is 7.06. The number of H-pyrrole nitrogens is 1. The Morgan fingerprint density at radius 1 is 1.08 bits per heavy atom. The van der Waals surface area contributed by atoms with Gasteiger partial charge >= 0.3 is 0 Å². The quantitative estimate of drug-likeness (QED) is 0.785. The van der Waals surface area contributed by atoms with E-state index in [1.54, 1.807) is 0 Å². The first-order valence-corrected chi connectivity index (χ1v) is 9.20. The number of nitrogens with zero attached hydrogens (tertiary/aromatic N) is 4. The monoisotopic (exact) mass is 351 g/mol. The summed E-state index contributed by atoms with van der Waals surface area (Å²) < 4.78 is 2.07. The fraction of sp³-hybridized carbons (Fsp3) is 0.400. The molecule has 1 N–H and O–H groups in total. The van der Waals surface area contributed by atoms with E-state index in [1.165, 1.54) is 5.69 Å². The summed E-state index contributed by atoms with van der Waals surface area (Å²) in [6, 6.07) is 9.98. The number of rotatable bonds is 4. The van der Waals surface area contributed by atoms with Crippen LogP contribution in [0.1, 0.15) is 21.7 Å².